The summed E-state index contributed by atoms with van der Waals surface area (Å²) in [5.74, 6) is 1.65. The Hall–Kier alpha value is -3.00. The van der Waals surface area contributed by atoms with Gasteiger partial charge in [0, 0.05) is 0 Å². The molecule has 8 heteroatoms. The molecule has 1 heterocycles. The molecule has 0 unspecified atom stereocenters. The van der Waals surface area contributed by atoms with Crippen LogP contribution in [0.1, 0.15) is 17.0 Å². The van der Waals surface area contributed by atoms with Crippen molar-refractivity contribution in [2.75, 3.05) is 18.2 Å². The van der Waals surface area contributed by atoms with Crippen molar-refractivity contribution >= 4 is 23.4 Å². The van der Waals surface area contributed by atoms with Gasteiger partial charge in [0.15, 0.2) is 6.61 Å². The lowest BCUT2D eigenvalue weighted by Crippen LogP contribution is -2.14. The van der Waals surface area contributed by atoms with E-state index in [2.05, 4.69) is 21.6 Å². The Bertz CT molecular complexity index is 938. The third-order valence-electron chi connectivity index (χ3n) is 3.71. The normalized spacial score (nSPS) is 10.5. The molecule has 0 aliphatic carbocycles. The van der Waals surface area contributed by atoms with Crippen LogP contribution in [0.5, 0.6) is 11.5 Å². The lowest BCUT2D eigenvalue weighted by atomic mass is 10.1. The first kappa shape index (κ1) is 19.8. The maximum absolute atomic E-state index is 12.1. The van der Waals surface area contributed by atoms with Gasteiger partial charge in [-0.1, -0.05) is 30.0 Å². The number of amides is 1. The Morgan fingerprint density at radius 1 is 1.14 bits per heavy atom. The quantitative estimate of drug-likeness (QED) is 0.573. The van der Waals surface area contributed by atoms with E-state index in [1.165, 1.54) is 0 Å². The van der Waals surface area contributed by atoms with Gasteiger partial charge in [0.25, 0.3) is 11.1 Å². The van der Waals surface area contributed by atoms with Crippen LogP contribution in [-0.4, -0.2) is 29.0 Å². The highest BCUT2D eigenvalue weighted by molar-refractivity contribution is 7.99. The summed E-state index contributed by atoms with van der Waals surface area (Å²) in [5.41, 5.74) is 2.86. The van der Waals surface area contributed by atoms with Crippen molar-refractivity contribution in [1.82, 2.24) is 10.2 Å². The fraction of sp³-hybridized carbons (Fsp3) is 0.250. The standard InChI is InChI=1S/C20H21N3O4S/c1-13-8-14(2)10-15(9-13)26-11-19-22-23-20(27-19)28-12-18(24)21-16-6-4-5-7-17(16)25-3/h4-10H,11-12H2,1-3H3,(H,21,24). The molecule has 2 aromatic carbocycles. The molecule has 3 aromatic rings. The SMILES string of the molecule is COc1ccccc1NC(=O)CSc1nnc(COc2cc(C)cc(C)c2)o1. The number of hydrogen-bond acceptors (Lipinski definition) is 7. The van der Waals surface area contributed by atoms with Crippen molar-refractivity contribution in [1.29, 1.82) is 0 Å². The fourth-order valence-electron chi connectivity index (χ4n) is 2.58. The number of para-hydroxylation sites is 2. The van der Waals surface area contributed by atoms with Crippen LogP contribution >= 0.6 is 11.8 Å². The number of nitrogens with zero attached hydrogens (tertiary/aromatic N) is 2. The minimum atomic E-state index is -0.194. The van der Waals surface area contributed by atoms with E-state index in [-0.39, 0.29) is 18.3 Å². The zero-order valence-corrected chi connectivity index (χ0v) is 16.7. The number of rotatable bonds is 8. The Morgan fingerprint density at radius 3 is 2.64 bits per heavy atom. The number of aromatic nitrogens is 2. The first-order valence-corrected chi connectivity index (χ1v) is 9.61. The maximum Gasteiger partial charge on any atom is 0.277 e. The fourth-order valence-corrected chi connectivity index (χ4v) is 3.16. The van der Waals surface area contributed by atoms with Crippen LogP contribution in [0.4, 0.5) is 5.69 Å². The Morgan fingerprint density at radius 2 is 1.89 bits per heavy atom. The minimum Gasteiger partial charge on any atom is -0.495 e. The zero-order chi connectivity index (χ0) is 19.9. The monoisotopic (exact) mass is 399 g/mol. The van der Waals surface area contributed by atoms with E-state index in [9.17, 15) is 4.79 Å². The van der Waals surface area contributed by atoms with Gasteiger partial charge in [0.1, 0.15) is 11.5 Å². The molecular formula is C20H21N3O4S. The lowest BCUT2D eigenvalue weighted by molar-refractivity contribution is -0.113. The largest absolute Gasteiger partial charge is 0.495 e. The number of benzene rings is 2. The molecule has 0 aliphatic heterocycles. The topological polar surface area (TPSA) is 86.5 Å². The second kappa shape index (κ2) is 9.27. The molecule has 0 bridgehead atoms. The summed E-state index contributed by atoms with van der Waals surface area (Å²) in [5, 5.41) is 11.0. The number of ether oxygens (including phenoxy) is 2. The van der Waals surface area contributed by atoms with Crippen LogP contribution in [0.3, 0.4) is 0 Å². The predicted molar refractivity (Wildman–Crippen MR) is 107 cm³/mol. The van der Waals surface area contributed by atoms with Gasteiger partial charge < -0.3 is 19.2 Å². The second-order valence-electron chi connectivity index (χ2n) is 6.11. The van der Waals surface area contributed by atoms with Crippen molar-refractivity contribution < 1.29 is 18.7 Å². The lowest BCUT2D eigenvalue weighted by Gasteiger charge is -2.08. The molecule has 0 atom stereocenters. The number of carbonyl (C=O) groups is 1. The first-order chi connectivity index (χ1) is 13.5. The summed E-state index contributed by atoms with van der Waals surface area (Å²) in [7, 11) is 1.56. The molecular weight excluding hydrogens is 378 g/mol. The summed E-state index contributed by atoms with van der Waals surface area (Å²) in [6.07, 6.45) is 0. The van der Waals surface area contributed by atoms with Gasteiger partial charge in [0.05, 0.1) is 18.6 Å². The Balaban J connectivity index is 1.49. The van der Waals surface area contributed by atoms with Gasteiger partial charge in [-0.3, -0.25) is 4.79 Å². The molecule has 0 spiro atoms. The second-order valence-corrected chi connectivity index (χ2v) is 7.04. The molecule has 1 N–H and O–H groups in total. The molecule has 28 heavy (non-hydrogen) atoms. The number of carbonyl (C=O) groups excluding carboxylic acids is 1. The zero-order valence-electron chi connectivity index (χ0n) is 15.9. The van der Waals surface area contributed by atoms with Gasteiger partial charge in [-0.05, 0) is 49.2 Å². The van der Waals surface area contributed by atoms with Crippen LogP contribution in [0, 0.1) is 13.8 Å². The minimum absolute atomic E-state index is 0.137. The van der Waals surface area contributed by atoms with E-state index in [4.69, 9.17) is 13.9 Å². The highest BCUT2D eigenvalue weighted by Gasteiger charge is 2.12. The molecule has 0 saturated heterocycles. The van der Waals surface area contributed by atoms with Gasteiger partial charge in [0.2, 0.25) is 5.91 Å². The van der Waals surface area contributed by atoms with Crippen LogP contribution in [0.2, 0.25) is 0 Å². The van der Waals surface area contributed by atoms with Gasteiger partial charge >= 0.3 is 0 Å². The number of thioether (sulfide) groups is 1. The van der Waals surface area contributed by atoms with Gasteiger partial charge in [-0.2, -0.15) is 0 Å². The molecule has 0 fully saturated rings. The average molecular weight is 399 g/mol. The van der Waals surface area contributed by atoms with Crippen molar-refractivity contribution in [3.05, 3.63) is 59.5 Å². The average Bonchev–Trinajstić information content (AvgIpc) is 3.12. The highest BCUT2D eigenvalue weighted by Crippen LogP contribution is 2.24. The van der Waals surface area contributed by atoms with E-state index in [1.807, 2.05) is 38.1 Å². The summed E-state index contributed by atoms with van der Waals surface area (Å²) in [6, 6.07) is 13.2. The summed E-state index contributed by atoms with van der Waals surface area (Å²) in [6.45, 7) is 4.19. The van der Waals surface area contributed by atoms with E-state index in [0.29, 0.717) is 22.6 Å². The molecule has 0 radical (unpaired) electrons. The van der Waals surface area contributed by atoms with E-state index in [0.717, 1.165) is 28.6 Å². The summed E-state index contributed by atoms with van der Waals surface area (Å²) in [4.78, 5) is 12.1. The molecule has 3 rings (SSSR count). The summed E-state index contributed by atoms with van der Waals surface area (Å²) >= 11 is 1.16. The predicted octanol–water partition coefficient (Wildman–Crippen LogP) is 4.00. The maximum atomic E-state index is 12.1. The molecule has 7 nitrogen and oxygen atoms in total. The highest BCUT2D eigenvalue weighted by atomic mass is 32.2. The third-order valence-corrected chi connectivity index (χ3v) is 4.53. The smallest absolute Gasteiger partial charge is 0.277 e. The Kier molecular flexibility index (Phi) is 6.54. The van der Waals surface area contributed by atoms with Crippen LogP contribution in [-0.2, 0) is 11.4 Å². The van der Waals surface area contributed by atoms with E-state index >= 15 is 0 Å². The van der Waals surface area contributed by atoms with Crippen molar-refractivity contribution in [3.63, 3.8) is 0 Å². The number of anilines is 1. The number of nitrogens with one attached hydrogen (secondary N) is 1. The number of hydrogen-bond donors (Lipinski definition) is 1. The van der Waals surface area contributed by atoms with Crippen molar-refractivity contribution in [3.8, 4) is 11.5 Å². The Labute approximate surface area is 167 Å². The van der Waals surface area contributed by atoms with Gasteiger partial charge in [-0.15, -0.1) is 10.2 Å². The first-order valence-electron chi connectivity index (χ1n) is 8.62. The van der Waals surface area contributed by atoms with Crippen LogP contribution < -0.4 is 14.8 Å². The van der Waals surface area contributed by atoms with E-state index < -0.39 is 0 Å². The summed E-state index contributed by atoms with van der Waals surface area (Å²) < 4.78 is 16.4. The van der Waals surface area contributed by atoms with Crippen molar-refractivity contribution in [2.45, 2.75) is 25.7 Å². The van der Waals surface area contributed by atoms with Crippen LogP contribution in [0.25, 0.3) is 0 Å². The molecule has 0 saturated carbocycles. The van der Waals surface area contributed by atoms with E-state index in [1.54, 1.807) is 19.2 Å². The molecule has 0 aliphatic rings. The third kappa shape index (κ3) is 5.50. The molecule has 1 aromatic heterocycles. The number of methoxy groups -OCH3 is 1. The van der Waals surface area contributed by atoms with Gasteiger partial charge in [-0.25, -0.2) is 0 Å². The van der Waals surface area contributed by atoms with Crippen molar-refractivity contribution in [2.24, 2.45) is 0 Å². The molecule has 1 amide bonds. The molecule has 146 valence electrons. The van der Waals surface area contributed by atoms with Crippen LogP contribution in [0.15, 0.2) is 52.1 Å². The number of aryl methyl sites for hydroxylation is 2.